The SMILES string of the molecule is Cc1ccc(CN2CCC(Nc3ncc(C=CC(=O)NOC4CCCCO4)cc3Cl)CC2)cc1. The molecule has 1 aromatic carbocycles. The number of anilines is 1. The number of carbonyl (C=O) groups excluding carboxylic acids is 1. The molecule has 0 bridgehead atoms. The number of nitrogens with one attached hydrogen (secondary N) is 2. The molecule has 7 nitrogen and oxygen atoms in total. The van der Waals surface area contributed by atoms with E-state index in [2.05, 4.69) is 51.9 Å². The van der Waals surface area contributed by atoms with Crippen LogP contribution < -0.4 is 10.8 Å². The number of hydrogen-bond donors (Lipinski definition) is 2. The second-order valence-electron chi connectivity index (χ2n) is 8.99. The smallest absolute Gasteiger partial charge is 0.267 e. The predicted octanol–water partition coefficient (Wildman–Crippen LogP) is 4.71. The van der Waals surface area contributed by atoms with Gasteiger partial charge in [0, 0.05) is 51.0 Å². The molecule has 0 radical (unpaired) electrons. The molecule has 0 spiro atoms. The molecule has 34 heavy (non-hydrogen) atoms. The van der Waals surface area contributed by atoms with Crippen molar-refractivity contribution in [2.75, 3.05) is 25.0 Å². The lowest BCUT2D eigenvalue weighted by molar-refractivity contribution is -0.198. The lowest BCUT2D eigenvalue weighted by Crippen LogP contribution is -2.38. The van der Waals surface area contributed by atoms with Crippen LogP contribution in [0.4, 0.5) is 5.82 Å². The number of nitrogens with zero attached hydrogens (tertiary/aromatic N) is 2. The number of ether oxygens (including phenoxy) is 1. The van der Waals surface area contributed by atoms with E-state index in [0.717, 1.165) is 57.3 Å². The molecule has 2 fully saturated rings. The number of hydrogen-bond acceptors (Lipinski definition) is 6. The normalized spacial score (nSPS) is 19.9. The van der Waals surface area contributed by atoms with Gasteiger partial charge in [-0.15, -0.1) is 0 Å². The fourth-order valence-corrected chi connectivity index (χ4v) is 4.39. The average Bonchev–Trinajstić information content (AvgIpc) is 2.86. The van der Waals surface area contributed by atoms with Crippen LogP contribution >= 0.6 is 11.6 Å². The second-order valence-corrected chi connectivity index (χ2v) is 9.40. The highest BCUT2D eigenvalue weighted by molar-refractivity contribution is 6.33. The van der Waals surface area contributed by atoms with Crippen molar-refractivity contribution >= 4 is 29.4 Å². The van der Waals surface area contributed by atoms with Gasteiger partial charge in [0.15, 0.2) is 6.29 Å². The number of hydroxylamine groups is 1. The van der Waals surface area contributed by atoms with Gasteiger partial charge in [-0.05, 0) is 55.9 Å². The van der Waals surface area contributed by atoms with Crippen molar-refractivity contribution in [1.82, 2.24) is 15.4 Å². The summed E-state index contributed by atoms with van der Waals surface area (Å²) in [4.78, 5) is 24.2. The topological polar surface area (TPSA) is 75.7 Å². The molecule has 1 unspecified atom stereocenters. The van der Waals surface area contributed by atoms with Crippen LogP contribution in [0.5, 0.6) is 0 Å². The van der Waals surface area contributed by atoms with Crippen molar-refractivity contribution in [2.24, 2.45) is 0 Å². The number of piperidine rings is 1. The van der Waals surface area contributed by atoms with E-state index in [9.17, 15) is 4.79 Å². The van der Waals surface area contributed by atoms with E-state index in [4.69, 9.17) is 21.2 Å². The van der Waals surface area contributed by atoms with Crippen LogP contribution in [0.3, 0.4) is 0 Å². The first kappa shape index (κ1) is 24.7. The van der Waals surface area contributed by atoms with E-state index in [-0.39, 0.29) is 12.2 Å². The number of carbonyl (C=O) groups is 1. The first-order chi connectivity index (χ1) is 16.5. The van der Waals surface area contributed by atoms with E-state index in [1.54, 1.807) is 18.3 Å². The van der Waals surface area contributed by atoms with Gasteiger partial charge in [-0.25, -0.2) is 15.3 Å². The Balaban J connectivity index is 1.21. The Bertz CT molecular complexity index is 969. The number of amides is 1. The summed E-state index contributed by atoms with van der Waals surface area (Å²) in [5.74, 6) is 0.322. The minimum Gasteiger partial charge on any atom is -0.366 e. The zero-order valence-electron chi connectivity index (χ0n) is 19.6. The molecule has 1 atom stereocenters. The Hall–Kier alpha value is -2.45. The first-order valence-electron chi connectivity index (χ1n) is 12.0. The standard InChI is InChI=1S/C26H33ClN4O3/c1-19-5-7-20(8-6-19)18-31-13-11-22(12-14-31)29-26-23(27)16-21(17-28-26)9-10-24(32)30-34-25-4-2-3-15-33-25/h5-10,16-17,22,25H,2-4,11-15,18H2,1H3,(H,28,29)(H,30,32). The van der Waals surface area contributed by atoms with E-state index >= 15 is 0 Å². The molecular weight excluding hydrogens is 452 g/mol. The zero-order valence-corrected chi connectivity index (χ0v) is 20.4. The monoisotopic (exact) mass is 484 g/mol. The largest absolute Gasteiger partial charge is 0.366 e. The minimum absolute atomic E-state index is 0.339. The van der Waals surface area contributed by atoms with Gasteiger partial charge in [0.25, 0.3) is 5.91 Å². The average molecular weight is 485 g/mol. The van der Waals surface area contributed by atoms with Gasteiger partial charge in [0.1, 0.15) is 5.82 Å². The van der Waals surface area contributed by atoms with Crippen LogP contribution in [0.1, 0.15) is 48.8 Å². The minimum atomic E-state index is -0.373. The van der Waals surface area contributed by atoms with Gasteiger partial charge < -0.3 is 10.1 Å². The molecule has 182 valence electrons. The van der Waals surface area contributed by atoms with Crippen LogP contribution in [-0.2, 0) is 20.9 Å². The van der Waals surface area contributed by atoms with Crippen molar-refractivity contribution in [1.29, 1.82) is 0 Å². The van der Waals surface area contributed by atoms with Crippen molar-refractivity contribution in [3.63, 3.8) is 0 Å². The highest BCUT2D eigenvalue weighted by atomic mass is 35.5. The van der Waals surface area contributed by atoms with Crippen LogP contribution in [0.25, 0.3) is 6.08 Å². The van der Waals surface area contributed by atoms with Gasteiger partial charge >= 0.3 is 0 Å². The van der Waals surface area contributed by atoms with Crippen molar-refractivity contribution < 1.29 is 14.4 Å². The Kier molecular flexibility index (Phi) is 8.93. The van der Waals surface area contributed by atoms with E-state index in [1.165, 1.54) is 17.2 Å². The molecule has 4 rings (SSSR count). The summed E-state index contributed by atoms with van der Waals surface area (Å²) in [5, 5.41) is 4.02. The molecule has 2 N–H and O–H groups in total. The van der Waals surface area contributed by atoms with Crippen LogP contribution in [0.2, 0.25) is 5.02 Å². The summed E-state index contributed by atoms with van der Waals surface area (Å²) in [6, 6.07) is 10.9. The highest BCUT2D eigenvalue weighted by Gasteiger charge is 2.20. The molecule has 2 aliphatic rings. The molecule has 2 aromatic rings. The Morgan fingerprint density at radius 2 is 2.03 bits per heavy atom. The molecule has 1 amide bonds. The lowest BCUT2D eigenvalue weighted by Gasteiger charge is -2.32. The molecule has 0 saturated carbocycles. The number of halogens is 1. The Morgan fingerprint density at radius 3 is 2.74 bits per heavy atom. The van der Waals surface area contributed by atoms with Crippen molar-refractivity contribution in [2.45, 2.75) is 57.9 Å². The molecule has 2 aliphatic heterocycles. The highest BCUT2D eigenvalue weighted by Crippen LogP contribution is 2.24. The van der Waals surface area contributed by atoms with E-state index in [0.29, 0.717) is 23.5 Å². The van der Waals surface area contributed by atoms with E-state index < -0.39 is 0 Å². The third-order valence-corrected chi connectivity index (χ3v) is 6.46. The molecule has 1 aromatic heterocycles. The van der Waals surface area contributed by atoms with E-state index in [1.807, 2.05) is 0 Å². The summed E-state index contributed by atoms with van der Waals surface area (Å²) in [5.41, 5.74) is 5.79. The fourth-order valence-electron chi connectivity index (χ4n) is 4.16. The van der Waals surface area contributed by atoms with Crippen LogP contribution in [0.15, 0.2) is 42.6 Å². The van der Waals surface area contributed by atoms with Crippen molar-refractivity contribution in [3.8, 4) is 0 Å². The Labute approximate surface area is 206 Å². The number of aryl methyl sites for hydroxylation is 1. The van der Waals surface area contributed by atoms with Crippen LogP contribution in [0, 0.1) is 6.92 Å². The number of likely N-dealkylation sites (tertiary alicyclic amines) is 1. The lowest BCUT2D eigenvalue weighted by atomic mass is 10.0. The third kappa shape index (κ3) is 7.53. The van der Waals surface area contributed by atoms with Crippen molar-refractivity contribution in [3.05, 3.63) is 64.3 Å². The molecule has 2 saturated heterocycles. The maximum Gasteiger partial charge on any atom is 0.267 e. The molecule has 3 heterocycles. The summed E-state index contributed by atoms with van der Waals surface area (Å²) >= 11 is 6.46. The maximum atomic E-state index is 12.0. The zero-order chi connectivity index (χ0) is 23.8. The summed E-state index contributed by atoms with van der Waals surface area (Å²) < 4.78 is 5.42. The summed E-state index contributed by atoms with van der Waals surface area (Å²) in [6.45, 7) is 5.83. The maximum absolute atomic E-state index is 12.0. The fraction of sp³-hybridized carbons (Fsp3) is 0.462. The summed E-state index contributed by atoms with van der Waals surface area (Å²) in [6.07, 6.45) is 9.31. The number of aromatic nitrogens is 1. The molecular formula is C26H33ClN4O3. The first-order valence-corrected chi connectivity index (χ1v) is 12.4. The number of rotatable bonds is 8. The Morgan fingerprint density at radius 1 is 1.24 bits per heavy atom. The van der Waals surface area contributed by atoms with Gasteiger partial charge in [-0.1, -0.05) is 41.4 Å². The number of pyridine rings is 1. The van der Waals surface area contributed by atoms with Crippen LogP contribution in [-0.4, -0.2) is 47.8 Å². The molecule has 8 heteroatoms. The quantitative estimate of drug-likeness (QED) is 0.417. The predicted molar refractivity (Wildman–Crippen MR) is 134 cm³/mol. The molecule has 0 aliphatic carbocycles. The summed E-state index contributed by atoms with van der Waals surface area (Å²) in [7, 11) is 0. The van der Waals surface area contributed by atoms with Gasteiger partial charge in [-0.3, -0.25) is 9.69 Å². The number of benzene rings is 1. The van der Waals surface area contributed by atoms with Gasteiger partial charge in [-0.2, -0.15) is 0 Å². The van der Waals surface area contributed by atoms with Gasteiger partial charge in [0.2, 0.25) is 0 Å². The van der Waals surface area contributed by atoms with Gasteiger partial charge in [0.05, 0.1) is 5.02 Å². The second kappa shape index (κ2) is 12.3. The third-order valence-electron chi connectivity index (χ3n) is 6.17.